The van der Waals surface area contributed by atoms with Gasteiger partial charge in [-0.05, 0) is 32.2 Å². The van der Waals surface area contributed by atoms with Gasteiger partial charge in [-0.1, -0.05) is 12.8 Å². The molecule has 0 aromatic rings. The summed E-state index contributed by atoms with van der Waals surface area (Å²) in [5.41, 5.74) is 5.76. The van der Waals surface area contributed by atoms with Gasteiger partial charge in [-0.2, -0.15) is 0 Å². The van der Waals surface area contributed by atoms with Gasteiger partial charge >= 0.3 is 0 Å². The Morgan fingerprint density at radius 1 is 1.47 bits per heavy atom. The van der Waals surface area contributed by atoms with E-state index in [9.17, 15) is 4.21 Å². The van der Waals surface area contributed by atoms with Crippen LogP contribution in [0.5, 0.6) is 0 Å². The van der Waals surface area contributed by atoms with Gasteiger partial charge in [-0.25, -0.2) is 0 Å². The number of nitrogens with two attached hydrogens (primary N) is 1. The molecule has 0 aromatic heterocycles. The molecule has 3 N–H and O–H groups in total. The molecule has 0 aliphatic heterocycles. The maximum absolute atomic E-state index is 11.2. The van der Waals surface area contributed by atoms with Gasteiger partial charge in [0.05, 0.1) is 0 Å². The van der Waals surface area contributed by atoms with Crippen molar-refractivity contribution in [3.8, 4) is 0 Å². The second-order valence-corrected chi connectivity index (χ2v) is 6.41. The minimum absolute atomic E-state index is 0.241. The zero-order valence-corrected chi connectivity index (χ0v) is 10.7. The average Bonchev–Trinajstić information content (AvgIpc) is 2.26. The van der Waals surface area contributed by atoms with E-state index in [0.717, 1.165) is 13.1 Å². The van der Waals surface area contributed by atoms with E-state index in [1.54, 1.807) is 6.26 Å². The van der Waals surface area contributed by atoms with E-state index in [1.165, 1.54) is 25.7 Å². The van der Waals surface area contributed by atoms with Gasteiger partial charge < -0.3 is 11.1 Å². The average molecular weight is 232 g/mol. The fraction of sp³-hybridized carbons (Fsp3) is 1.00. The molecule has 1 rings (SSSR count). The molecule has 0 aromatic carbocycles. The molecule has 0 heterocycles. The molecule has 90 valence electrons. The Balaban J connectivity index is 2.32. The lowest BCUT2D eigenvalue weighted by Crippen LogP contribution is -2.44. The molecule has 0 bridgehead atoms. The zero-order chi connectivity index (χ0) is 11.3. The first-order valence-corrected chi connectivity index (χ1v) is 7.53. The van der Waals surface area contributed by atoms with Gasteiger partial charge in [0.25, 0.3) is 0 Å². The Morgan fingerprint density at radius 2 is 2.13 bits per heavy atom. The highest BCUT2D eigenvalue weighted by Crippen LogP contribution is 2.23. The summed E-state index contributed by atoms with van der Waals surface area (Å²) >= 11 is 0. The fourth-order valence-corrected chi connectivity index (χ4v) is 2.52. The summed E-state index contributed by atoms with van der Waals surface area (Å²) in [5, 5.41) is 3.77. The second kappa shape index (κ2) is 6.61. The minimum atomic E-state index is -0.722. The van der Waals surface area contributed by atoms with Crippen molar-refractivity contribution >= 4 is 10.8 Å². The van der Waals surface area contributed by atoms with Gasteiger partial charge in [0.15, 0.2) is 0 Å². The lowest BCUT2D eigenvalue weighted by Gasteiger charge is -2.32. The summed E-state index contributed by atoms with van der Waals surface area (Å²) in [6.07, 6.45) is 6.86. The summed E-state index contributed by atoms with van der Waals surface area (Å²) in [6.45, 7) is 3.66. The van der Waals surface area contributed by atoms with Crippen molar-refractivity contribution in [2.24, 2.45) is 11.7 Å². The molecular formula is C11H24N2OS. The Labute approximate surface area is 95.6 Å². The third-order valence-corrected chi connectivity index (χ3v) is 4.75. The first-order valence-electron chi connectivity index (χ1n) is 5.90. The van der Waals surface area contributed by atoms with Crippen molar-refractivity contribution < 1.29 is 4.21 Å². The van der Waals surface area contributed by atoms with Crippen LogP contribution in [-0.4, -0.2) is 34.8 Å². The highest BCUT2D eigenvalue weighted by molar-refractivity contribution is 7.84. The second-order valence-electron chi connectivity index (χ2n) is 4.60. The van der Waals surface area contributed by atoms with E-state index in [-0.39, 0.29) is 5.25 Å². The maximum atomic E-state index is 11.2. The van der Waals surface area contributed by atoms with Gasteiger partial charge in [-0.3, -0.25) is 4.21 Å². The summed E-state index contributed by atoms with van der Waals surface area (Å²) < 4.78 is 11.2. The SMILES string of the molecule is CC(CNC1CCCCC1CN)S(C)=O. The van der Waals surface area contributed by atoms with Crippen LogP contribution in [0.15, 0.2) is 0 Å². The molecule has 0 saturated heterocycles. The summed E-state index contributed by atoms with van der Waals surface area (Å²) in [4.78, 5) is 0. The van der Waals surface area contributed by atoms with E-state index in [4.69, 9.17) is 5.73 Å². The van der Waals surface area contributed by atoms with Crippen LogP contribution < -0.4 is 11.1 Å². The topological polar surface area (TPSA) is 55.1 Å². The van der Waals surface area contributed by atoms with Crippen LogP contribution in [0.3, 0.4) is 0 Å². The lowest BCUT2D eigenvalue weighted by atomic mass is 9.84. The van der Waals surface area contributed by atoms with Crippen molar-refractivity contribution in [3.63, 3.8) is 0 Å². The van der Waals surface area contributed by atoms with E-state index >= 15 is 0 Å². The van der Waals surface area contributed by atoms with Crippen molar-refractivity contribution in [3.05, 3.63) is 0 Å². The number of rotatable bonds is 5. The molecule has 0 radical (unpaired) electrons. The summed E-state index contributed by atoms with van der Waals surface area (Å²) in [7, 11) is -0.722. The molecule has 4 unspecified atom stereocenters. The van der Waals surface area contributed by atoms with Crippen molar-refractivity contribution in [1.82, 2.24) is 5.32 Å². The van der Waals surface area contributed by atoms with E-state index in [2.05, 4.69) is 5.32 Å². The van der Waals surface area contributed by atoms with Gasteiger partial charge in [-0.15, -0.1) is 0 Å². The Hall–Kier alpha value is 0.0700. The monoisotopic (exact) mass is 232 g/mol. The normalized spacial score (nSPS) is 31.1. The minimum Gasteiger partial charge on any atom is -0.330 e. The molecule has 0 amide bonds. The Kier molecular flexibility index (Phi) is 5.79. The molecule has 1 aliphatic rings. The van der Waals surface area contributed by atoms with Gasteiger partial charge in [0, 0.05) is 34.9 Å². The predicted molar refractivity (Wildman–Crippen MR) is 66.3 cm³/mol. The van der Waals surface area contributed by atoms with Gasteiger partial charge in [0.2, 0.25) is 0 Å². The first kappa shape index (κ1) is 13.1. The highest BCUT2D eigenvalue weighted by atomic mass is 32.2. The Bertz CT molecular complexity index is 211. The molecule has 4 heteroatoms. The maximum Gasteiger partial charge on any atom is 0.0441 e. The van der Waals surface area contributed by atoms with Gasteiger partial charge in [0.1, 0.15) is 0 Å². The molecule has 1 saturated carbocycles. The van der Waals surface area contributed by atoms with E-state index in [1.807, 2.05) is 6.92 Å². The van der Waals surface area contributed by atoms with Crippen LogP contribution in [0.25, 0.3) is 0 Å². The number of hydrogen-bond donors (Lipinski definition) is 2. The third kappa shape index (κ3) is 4.21. The quantitative estimate of drug-likeness (QED) is 0.739. The van der Waals surface area contributed by atoms with Crippen molar-refractivity contribution in [2.45, 2.75) is 43.9 Å². The van der Waals surface area contributed by atoms with E-state index < -0.39 is 10.8 Å². The smallest absolute Gasteiger partial charge is 0.0441 e. The third-order valence-electron chi connectivity index (χ3n) is 3.45. The first-order chi connectivity index (χ1) is 7.15. The standard InChI is InChI=1S/C11H24N2OS/c1-9(15(2)14)8-13-11-6-4-3-5-10(11)7-12/h9-11,13H,3-8,12H2,1-2H3. The van der Waals surface area contributed by atoms with Crippen molar-refractivity contribution in [2.75, 3.05) is 19.3 Å². The number of nitrogens with one attached hydrogen (secondary N) is 1. The molecule has 1 aliphatic carbocycles. The zero-order valence-electron chi connectivity index (χ0n) is 9.87. The molecule has 4 atom stereocenters. The predicted octanol–water partition coefficient (Wildman–Crippen LogP) is 0.861. The van der Waals surface area contributed by atoms with Crippen LogP contribution in [0.2, 0.25) is 0 Å². The molecule has 15 heavy (non-hydrogen) atoms. The highest BCUT2D eigenvalue weighted by Gasteiger charge is 2.23. The number of hydrogen-bond acceptors (Lipinski definition) is 3. The molecule has 1 fully saturated rings. The summed E-state index contributed by atoms with van der Waals surface area (Å²) in [6, 6.07) is 0.551. The van der Waals surface area contributed by atoms with Crippen LogP contribution in [0.1, 0.15) is 32.6 Å². The molecular weight excluding hydrogens is 208 g/mol. The lowest BCUT2D eigenvalue weighted by molar-refractivity contribution is 0.269. The fourth-order valence-electron chi connectivity index (χ4n) is 2.19. The van der Waals surface area contributed by atoms with Crippen LogP contribution in [0, 0.1) is 5.92 Å². The largest absolute Gasteiger partial charge is 0.330 e. The van der Waals surface area contributed by atoms with Crippen molar-refractivity contribution in [1.29, 1.82) is 0 Å². The van der Waals surface area contributed by atoms with Crippen LogP contribution in [0.4, 0.5) is 0 Å². The van der Waals surface area contributed by atoms with Crippen LogP contribution in [-0.2, 0) is 10.8 Å². The summed E-state index contributed by atoms with van der Waals surface area (Å²) in [5.74, 6) is 0.622. The molecule has 0 spiro atoms. The van der Waals surface area contributed by atoms with Crippen LogP contribution >= 0.6 is 0 Å². The molecule has 3 nitrogen and oxygen atoms in total. The van der Waals surface area contributed by atoms with E-state index in [0.29, 0.717) is 12.0 Å². The Morgan fingerprint density at radius 3 is 2.73 bits per heavy atom.